The van der Waals surface area contributed by atoms with Crippen LogP contribution < -0.4 is 0 Å². The van der Waals surface area contributed by atoms with E-state index in [4.69, 9.17) is 5.11 Å². The summed E-state index contributed by atoms with van der Waals surface area (Å²) in [6, 6.07) is 4.48. The van der Waals surface area contributed by atoms with Crippen LogP contribution in [0.3, 0.4) is 0 Å². The van der Waals surface area contributed by atoms with Gasteiger partial charge in [-0.2, -0.15) is 13.2 Å². The maximum Gasteiger partial charge on any atom is 0.417 e. The van der Waals surface area contributed by atoms with E-state index in [9.17, 15) is 23.1 Å². The lowest BCUT2D eigenvalue weighted by atomic mass is 10.1. The summed E-state index contributed by atoms with van der Waals surface area (Å²) in [7, 11) is 0. The highest BCUT2D eigenvalue weighted by Crippen LogP contribution is 2.35. The van der Waals surface area contributed by atoms with E-state index >= 15 is 0 Å². The Hall–Kier alpha value is -2.02. The van der Waals surface area contributed by atoms with Gasteiger partial charge in [-0.1, -0.05) is 6.07 Å². The van der Waals surface area contributed by atoms with E-state index in [0.717, 1.165) is 12.1 Å². The largest absolute Gasteiger partial charge is 0.479 e. The molecule has 1 aromatic heterocycles. The molecule has 1 heterocycles. The van der Waals surface area contributed by atoms with Crippen LogP contribution in [0.4, 0.5) is 13.2 Å². The van der Waals surface area contributed by atoms with Crippen LogP contribution in [0.5, 0.6) is 0 Å². The highest BCUT2D eigenvalue weighted by Gasteiger charge is 2.33. The SMILES string of the molecule is O=C(O)C(O)c1cc2c(C(F)(F)F)cccc2[nH]1. The first-order valence-corrected chi connectivity index (χ1v) is 4.90. The van der Waals surface area contributed by atoms with Crippen molar-refractivity contribution in [3.8, 4) is 0 Å². The number of carboxylic acids is 1. The Balaban J connectivity index is 2.62. The molecule has 96 valence electrons. The van der Waals surface area contributed by atoms with Gasteiger partial charge in [-0.05, 0) is 18.2 Å². The molecule has 0 saturated carbocycles. The number of alkyl halides is 3. The molecule has 2 rings (SSSR count). The molecule has 0 bridgehead atoms. The van der Waals surface area contributed by atoms with Crippen LogP contribution in [0.15, 0.2) is 24.3 Å². The van der Waals surface area contributed by atoms with Crippen molar-refractivity contribution in [3.63, 3.8) is 0 Å². The summed E-state index contributed by atoms with van der Waals surface area (Å²) in [6.07, 6.45) is -6.41. The number of carbonyl (C=O) groups is 1. The number of aromatic amines is 1. The van der Waals surface area contributed by atoms with Crippen molar-refractivity contribution in [3.05, 3.63) is 35.5 Å². The first-order chi connectivity index (χ1) is 8.30. The lowest BCUT2D eigenvalue weighted by molar-refractivity contribution is -0.147. The number of rotatable bonds is 2. The molecule has 1 atom stereocenters. The van der Waals surface area contributed by atoms with Gasteiger partial charge < -0.3 is 15.2 Å². The average molecular weight is 259 g/mol. The van der Waals surface area contributed by atoms with Crippen molar-refractivity contribution in [2.45, 2.75) is 12.3 Å². The number of aliphatic carboxylic acids is 1. The minimum absolute atomic E-state index is 0.125. The van der Waals surface area contributed by atoms with Gasteiger partial charge in [0.1, 0.15) is 0 Å². The fourth-order valence-corrected chi connectivity index (χ4v) is 1.70. The van der Waals surface area contributed by atoms with Crippen molar-refractivity contribution < 1.29 is 28.2 Å². The van der Waals surface area contributed by atoms with Gasteiger partial charge in [0.15, 0.2) is 6.10 Å². The number of aliphatic hydroxyl groups excluding tert-OH is 1. The molecular formula is C11H8F3NO3. The fourth-order valence-electron chi connectivity index (χ4n) is 1.70. The first kappa shape index (κ1) is 12.4. The minimum atomic E-state index is -4.53. The summed E-state index contributed by atoms with van der Waals surface area (Å²) in [6.45, 7) is 0. The van der Waals surface area contributed by atoms with E-state index in [1.54, 1.807) is 0 Å². The summed E-state index contributed by atoms with van der Waals surface area (Å²) >= 11 is 0. The van der Waals surface area contributed by atoms with Crippen molar-refractivity contribution in [2.24, 2.45) is 0 Å². The predicted octanol–water partition coefficient (Wildman–Crippen LogP) is 2.30. The number of fused-ring (bicyclic) bond motifs is 1. The lowest BCUT2D eigenvalue weighted by Gasteiger charge is -2.06. The Morgan fingerprint density at radius 2 is 2.00 bits per heavy atom. The molecule has 7 heteroatoms. The van der Waals surface area contributed by atoms with Gasteiger partial charge in [-0.25, -0.2) is 4.79 Å². The Bertz CT molecular complexity index is 603. The molecule has 0 radical (unpaired) electrons. The smallest absolute Gasteiger partial charge is 0.417 e. The molecule has 0 saturated heterocycles. The number of H-pyrrole nitrogens is 1. The van der Waals surface area contributed by atoms with Crippen LogP contribution in [-0.4, -0.2) is 21.2 Å². The van der Waals surface area contributed by atoms with Gasteiger partial charge in [0.25, 0.3) is 0 Å². The van der Waals surface area contributed by atoms with Crippen molar-refractivity contribution in [1.82, 2.24) is 4.98 Å². The number of carboxylic acid groups (broad SMARTS) is 1. The Morgan fingerprint density at radius 3 is 2.56 bits per heavy atom. The summed E-state index contributed by atoms with van der Waals surface area (Å²) in [4.78, 5) is 13.0. The molecule has 0 aliphatic heterocycles. The number of hydrogen-bond donors (Lipinski definition) is 3. The zero-order valence-electron chi connectivity index (χ0n) is 8.82. The van der Waals surface area contributed by atoms with E-state index in [1.165, 1.54) is 12.1 Å². The Morgan fingerprint density at radius 1 is 1.33 bits per heavy atom. The summed E-state index contributed by atoms with van der Waals surface area (Å²) in [5.41, 5.74) is -0.936. The minimum Gasteiger partial charge on any atom is -0.479 e. The molecule has 3 N–H and O–H groups in total. The Labute approximate surface area is 98.7 Å². The molecule has 0 amide bonds. The van der Waals surface area contributed by atoms with E-state index in [2.05, 4.69) is 4.98 Å². The van der Waals surface area contributed by atoms with Crippen LogP contribution in [0.1, 0.15) is 17.4 Å². The number of halogens is 3. The van der Waals surface area contributed by atoms with Crippen molar-refractivity contribution in [2.75, 3.05) is 0 Å². The van der Waals surface area contributed by atoms with E-state index in [0.29, 0.717) is 0 Å². The van der Waals surface area contributed by atoms with Gasteiger partial charge in [-0.15, -0.1) is 0 Å². The molecule has 0 spiro atoms. The van der Waals surface area contributed by atoms with Crippen molar-refractivity contribution in [1.29, 1.82) is 0 Å². The highest BCUT2D eigenvalue weighted by atomic mass is 19.4. The van der Waals surface area contributed by atoms with Crippen LogP contribution >= 0.6 is 0 Å². The number of hydrogen-bond acceptors (Lipinski definition) is 2. The van der Waals surface area contributed by atoms with E-state index in [1.807, 2.05) is 0 Å². The van der Waals surface area contributed by atoms with Gasteiger partial charge in [-0.3, -0.25) is 0 Å². The molecule has 0 aliphatic carbocycles. The number of nitrogens with one attached hydrogen (secondary N) is 1. The molecule has 1 unspecified atom stereocenters. The third-order valence-electron chi connectivity index (χ3n) is 2.52. The van der Waals surface area contributed by atoms with Crippen LogP contribution in [0.2, 0.25) is 0 Å². The van der Waals surface area contributed by atoms with Crippen LogP contribution in [0, 0.1) is 0 Å². The molecule has 1 aromatic carbocycles. The molecule has 0 aliphatic rings. The number of aromatic nitrogens is 1. The summed E-state index contributed by atoms with van der Waals surface area (Å²) in [5, 5.41) is 17.7. The van der Waals surface area contributed by atoms with E-state index in [-0.39, 0.29) is 16.6 Å². The number of aliphatic hydroxyl groups is 1. The second kappa shape index (κ2) is 4.02. The van der Waals surface area contributed by atoms with Gasteiger partial charge in [0.2, 0.25) is 0 Å². The maximum atomic E-state index is 12.7. The van der Waals surface area contributed by atoms with Crippen LogP contribution in [0.25, 0.3) is 10.9 Å². The first-order valence-electron chi connectivity index (χ1n) is 4.90. The third kappa shape index (κ3) is 2.04. The van der Waals surface area contributed by atoms with E-state index < -0.39 is 23.8 Å². The quantitative estimate of drug-likeness (QED) is 0.774. The topological polar surface area (TPSA) is 73.3 Å². The maximum absolute atomic E-state index is 12.7. The second-order valence-corrected chi connectivity index (χ2v) is 3.73. The fraction of sp³-hybridized carbons (Fsp3) is 0.182. The third-order valence-corrected chi connectivity index (χ3v) is 2.52. The van der Waals surface area contributed by atoms with Crippen LogP contribution in [-0.2, 0) is 11.0 Å². The summed E-state index contributed by atoms with van der Waals surface area (Å²) < 4.78 is 38.1. The molecule has 18 heavy (non-hydrogen) atoms. The monoisotopic (exact) mass is 259 g/mol. The number of benzene rings is 1. The highest BCUT2D eigenvalue weighted by molar-refractivity contribution is 5.86. The van der Waals surface area contributed by atoms with Gasteiger partial charge in [0.05, 0.1) is 11.3 Å². The van der Waals surface area contributed by atoms with Gasteiger partial charge >= 0.3 is 12.1 Å². The normalized spacial score (nSPS) is 13.8. The summed E-state index contributed by atoms with van der Waals surface area (Å²) in [5.74, 6) is -1.53. The molecule has 2 aromatic rings. The zero-order valence-corrected chi connectivity index (χ0v) is 8.82. The average Bonchev–Trinajstić information content (AvgIpc) is 2.69. The second-order valence-electron chi connectivity index (χ2n) is 3.73. The zero-order chi connectivity index (χ0) is 13.5. The molecule has 0 fully saturated rings. The standard InChI is InChI=1S/C11H8F3NO3/c12-11(13,14)6-2-1-3-7-5(6)4-8(15-7)9(16)10(17)18/h1-4,9,15-16H,(H,17,18). The predicted molar refractivity (Wildman–Crippen MR) is 55.9 cm³/mol. The van der Waals surface area contributed by atoms with Gasteiger partial charge in [0, 0.05) is 10.9 Å². The molecule has 4 nitrogen and oxygen atoms in total. The van der Waals surface area contributed by atoms with Crippen molar-refractivity contribution >= 4 is 16.9 Å². The Kier molecular flexibility index (Phi) is 2.78. The lowest BCUT2D eigenvalue weighted by Crippen LogP contribution is -2.10. The molecular weight excluding hydrogens is 251 g/mol.